The monoisotopic (exact) mass is 1640 g/mol. The average Bonchev–Trinajstić information content (AvgIpc) is 0.956. The van der Waals surface area contributed by atoms with Gasteiger partial charge in [-0.2, -0.15) is 95.9 Å². The molecule has 0 spiro atoms. The Morgan fingerprint density at radius 3 is 1.12 bits per heavy atom. The van der Waals surface area contributed by atoms with Gasteiger partial charge in [0, 0.05) is 48.0 Å². The van der Waals surface area contributed by atoms with Crippen LogP contribution < -0.4 is 44.1 Å². The molecule has 6 aromatic rings. The highest BCUT2D eigenvalue weighted by atomic mass is 32.3. The number of imidazole rings is 2. The fraction of sp³-hybridized carbons (Fsp3) is 0.343. The van der Waals surface area contributed by atoms with E-state index >= 15 is 0 Å². The molecule has 40 heteroatoms. The maximum Gasteiger partial charge on any atom is 0.512 e. The molecule has 1 atom stereocenters. The second kappa shape index (κ2) is 44.6. The molecule has 3 heterocycles. The van der Waals surface area contributed by atoms with Crippen LogP contribution >= 0.6 is 0 Å². The lowest BCUT2D eigenvalue weighted by Crippen LogP contribution is -3.07. The first-order chi connectivity index (χ1) is 49.1. The number of hydrogen-bond acceptors (Lipinski definition) is 8. The minimum absolute atomic E-state index is 0.120. The van der Waals surface area contributed by atoms with Gasteiger partial charge < -0.3 is 4.90 Å². The predicted octanol–water partition coefficient (Wildman–Crippen LogP) is 9.13. The van der Waals surface area contributed by atoms with Crippen molar-refractivity contribution in [1.29, 1.82) is 0 Å². The molecule has 0 saturated heterocycles. The molecule has 18 nitrogen and oxygen atoms in total. The van der Waals surface area contributed by atoms with Crippen LogP contribution in [-0.2, 0) is 84.8 Å². The van der Waals surface area contributed by atoms with Crippen LogP contribution in [0.1, 0.15) is 31.7 Å². The number of alkyl halides is 16. The van der Waals surface area contributed by atoms with Gasteiger partial charge in [-0.25, -0.2) is 60.7 Å². The first-order valence-electron chi connectivity index (χ1n) is 31.1. The second-order valence-electron chi connectivity index (χ2n) is 23.0. The molecular weight excluding hydrogens is 1550 g/mol. The molecule has 0 amide bonds. The fourth-order valence-corrected chi connectivity index (χ4v) is 14.8. The number of allylic oxidation sites excluding steroid dienone is 6. The average molecular weight is 1640 g/mol. The van der Waals surface area contributed by atoms with Crippen LogP contribution in [0.25, 0.3) is 0 Å². The van der Waals surface area contributed by atoms with Gasteiger partial charge in [-0.3, -0.25) is 0 Å². The zero-order valence-corrected chi connectivity index (χ0v) is 64.0. The summed E-state index contributed by atoms with van der Waals surface area (Å²) in [5.41, 5.74) is -17.9. The van der Waals surface area contributed by atoms with E-state index in [1.807, 2.05) is 85.0 Å². The first kappa shape index (κ1) is 99.2. The van der Waals surface area contributed by atoms with E-state index in [9.17, 15) is 104 Å². The Hall–Kier alpha value is -7.83. The summed E-state index contributed by atoms with van der Waals surface area (Å²) in [6.45, 7) is 22.1. The van der Waals surface area contributed by atoms with Gasteiger partial charge in [0.25, 0.3) is 0 Å². The molecule has 107 heavy (non-hydrogen) atoms. The predicted molar refractivity (Wildman–Crippen MR) is 387 cm³/mol. The SMILES string of the molecule is C=CCC(F)(F)C(C)(F)F.C=CCC[NH+]1C=CC=CC1.C=CCCc1cccc([B-](c2ccccc2)(c2ccccc2)c2ccccc2)c1.C=CCn1cc[n+](C)c1.C=CCn1cc[n+](C)c1.CN(C)S(N(C)C)=[N+](C)C.O=S(=O)(NS(=O)(=O)C(F)(F)F)C(F)(F)F.O=S(=O)(NS(=O)(=O)C(F)(F)F)C(F)(F)F. The number of aryl methyl sites for hydroxylation is 3. The van der Waals surface area contributed by atoms with Crippen LogP contribution in [0.5, 0.6) is 0 Å². The maximum absolute atomic E-state index is 12.1. The number of quaternary nitrogens is 1. The summed E-state index contributed by atoms with van der Waals surface area (Å²) in [4.78, 5) is 1.52. The van der Waals surface area contributed by atoms with Gasteiger partial charge in [0.05, 0.1) is 26.8 Å². The van der Waals surface area contributed by atoms with Crippen molar-refractivity contribution in [3.8, 4) is 0 Å². The van der Waals surface area contributed by atoms with Crippen LogP contribution in [-0.4, -0.2) is 151 Å². The largest absolute Gasteiger partial charge is 0.512 e. The molecule has 4 aromatic carbocycles. The summed E-state index contributed by atoms with van der Waals surface area (Å²) >= 11 is 0.120. The summed E-state index contributed by atoms with van der Waals surface area (Å²) in [6.07, 6.45) is 30.0. The van der Waals surface area contributed by atoms with Gasteiger partial charge in [0.15, 0.2) is 11.1 Å². The zero-order chi connectivity index (χ0) is 82.7. The van der Waals surface area contributed by atoms with Gasteiger partial charge >= 0.3 is 74.0 Å². The molecule has 7 rings (SSSR count). The molecule has 1 aliphatic heterocycles. The van der Waals surface area contributed by atoms with Crippen molar-refractivity contribution in [1.82, 2.24) is 26.0 Å². The molecular formula is C67H90BF16N10O8S5+3. The van der Waals surface area contributed by atoms with Gasteiger partial charge in [0.2, 0.25) is 12.7 Å². The minimum atomic E-state index is -6.60. The van der Waals surface area contributed by atoms with Crippen molar-refractivity contribution >= 4 is 79.2 Å². The number of rotatable bonds is 23. The van der Waals surface area contributed by atoms with E-state index in [1.165, 1.54) is 38.9 Å². The van der Waals surface area contributed by atoms with Crippen molar-refractivity contribution in [2.24, 2.45) is 14.1 Å². The van der Waals surface area contributed by atoms with E-state index in [2.05, 4.69) is 237 Å². The molecule has 1 aliphatic rings. The van der Waals surface area contributed by atoms with Crippen LogP contribution in [0.2, 0.25) is 0 Å². The highest BCUT2D eigenvalue weighted by Crippen LogP contribution is 2.36. The topological polar surface area (TPSA) is 192 Å². The lowest BCUT2D eigenvalue weighted by molar-refractivity contribution is -0.840. The third-order valence-corrected chi connectivity index (χ3v) is 21.5. The molecule has 598 valence electrons. The van der Waals surface area contributed by atoms with E-state index in [-0.39, 0.29) is 18.0 Å². The standard InChI is InChI=1S/C28H26B.C9H13N.2C7H11N2.C6H8F4.C6H18N3S.2C2HF6NO4S2/c1-2-3-14-24-15-13-22-28(23-24)29(25-16-7-4-8-17-25,26-18-9-5-10-19-26)27-20-11-6-12-21-27;1-2-3-7-10-8-5-4-6-9-10;2*1-3-4-9-6-5-8(2)7-9;1-3-4-6(9,10)5(2,7)8;1-7(2)10(8(3)4)9(5)6;2*3-1(4,5)14(10,11)9-15(12,13)2(6,7)8/h2,4-13,15-23H,1,3,14H2;2,4-6,8H,1,3,7,9H2;2*3,5-7H,1,4H2,2H3;3H,1,4H2,2H3;1-6H3;2*9H/q-1;;2*+1;;+1;;/p+1. The fourth-order valence-electron chi connectivity index (χ4n) is 9.03. The lowest BCUT2D eigenvalue weighted by atomic mass is 9.13. The summed E-state index contributed by atoms with van der Waals surface area (Å²) in [7, 11) is -9.87. The smallest absolute Gasteiger partial charge is 0.305 e. The van der Waals surface area contributed by atoms with Gasteiger partial charge in [-0.05, 0) is 25.0 Å². The maximum atomic E-state index is 12.1. The van der Waals surface area contributed by atoms with Crippen LogP contribution in [0.3, 0.4) is 0 Å². The number of sulfonamides is 4. The number of halogens is 16. The van der Waals surface area contributed by atoms with E-state index in [4.69, 9.17) is 0 Å². The van der Waals surface area contributed by atoms with E-state index in [0.717, 1.165) is 45.0 Å². The molecule has 0 aliphatic carbocycles. The molecule has 0 saturated carbocycles. The summed E-state index contributed by atoms with van der Waals surface area (Å²) in [6, 6.07) is 42.0. The number of nitrogens with one attached hydrogen (secondary N) is 3. The van der Waals surface area contributed by atoms with Gasteiger partial charge in [-0.15, -0.1) is 19.7 Å². The molecule has 3 N–H and O–H groups in total. The normalized spacial score (nSPS) is 13.4. The van der Waals surface area contributed by atoms with Crippen molar-refractivity contribution in [2.45, 2.75) is 79.6 Å². The third-order valence-electron chi connectivity index (χ3n) is 13.6. The molecule has 0 bridgehead atoms. The number of hydrogen-bond donors (Lipinski definition) is 3. The Kier molecular flexibility index (Phi) is 41.3. The lowest BCUT2D eigenvalue weighted by Gasteiger charge is -2.44. The van der Waals surface area contributed by atoms with Crippen LogP contribution in [0, 0.1) is 0 Å². The Labute approximate surface area is 618 Å². The summed E-state index contributed by atoms with van der Waals surface area (Å²) in [5.74, 6) is -7.92. The Morgan fingerprint density at radius 1 is 0.523 bits per heavy atom. The number of benzene rings is 4. The zero-order valence-electron chi connectivity index (χ0n) is 59.9. The Bertz CT molecular complexity index is 3960. The molecule has 0 radical (unpaired) electrons. The number of nitrogens with zero attached hydrogens (tertiary/aromatic N) is 7. The van der Waals surface area contributed by atoms with Crippen LogP contribution in [0.15, 0.2) is 240 Å². The van der Waals surface area contributed by atoms with E-state index in [0.29, 0.717) is 0 Å². The molecule has 2 aromatic heterocycles. The van der Waals surface area contributed by atoms with Gasteiger partial charge in [0.1, 0.15) is 64.7 Å². The number of aromatic nitrogens is 4. The molecule has 1 unspecified atom stereocenters. The van der Waals surface area contributed by atoms with E-state index < -0.39 is 94.8 Å². The van der Waals surface area contributed by atoms with Crippen molar-refractivity contribution in [2.75, 3.05) is 55.4 Å². The molecule has 0 fully saturated rings. The van der Waals surface area contributed by atoms with Crippen molar-refractivity contribution < 1.29 is 122 Å². The first-order valence-corrected chi connectivity index (χ1v) is 38.2. The summed E-state index contributed by atoms with van der Waals surface area (Å²) < 4.78 is 279. The van der Waals surface area contributed by atoms with E-state index in [1.54, 1.807) is 0 Å². The third kappa shape index (κ3) is 34.1. The van der Waals surface area contributed by atoms with Crippen LogP contribution in [0.4, 0.5) is 70.2 Å². The highest BCUT2D eigenvalue weighted by molar-refractivity contribution is 8.06. The highest BCUT2D eigenvalue weighted by Gasteiger charge is 2.57. The summed E-state index contributed by atoms with van der Waals surface area (Å²) in [5, 5.41) is 0. The van der Waals surface area contributed by atoms with Crippen molar-refractivity contribution in [3.05, 3.63) is 246 Å². The van der Waals surface area contributed by atoms with Crippen molar-refractivity contribution in [3.63, 3.8) is 0 Å². The Balaban J connectivity index is 0.00000126. The quantitative estimate of drug-likeness (QED) is 0.0241. The minimum Gasteiger partial charge on any atom is -0.305 e. The van der Waals surface area contributed by atoms with Gasteiger partial charge in [-0.1, -0.05) is 179 Å². The Morgan fingerprint density at radius 2 is 0.879 bits per heavy atom. The second-order valence-corrected chi connectivity index (χ2v) is 32.9.